The van der Waals surface area contributed by atoms with Crippen molar-refractivity contribution in [2.75, 3.05) is 26.0 Å². The molecule has 6 nitrogen and oxygen atoms in total. The molecule has 2 N–H and O–H groups in total. The van der Waals surface area contributed by atoms with Crippen molar-refractivity contribution in [1.82, 2.24) is 15.2 Å². The molecule has 0 saturated carbocycles. The maximum atomic E-state index is 13.0. The summed E-state index contributed by atoms with van der Waals surface area (Å²) in [6.07, 6.45) is 0. The molecule has 150 valence electrons. The standard InChI is InChI=1S/C21H21FN4O2S/c1-26(2)12-19(27)24-17-5-3-4-14(10-17)11-23-20(28)18-13-29-21(25-18)15-6-8-16(22)9-7-15/h3-10,13H,11-12H2,1-2H3,(H,23,28)(H,24,27). The molecule has 0 saturated heterocycles. The average molecular weight is 412 g/mol. The largest absolute Gasteiger partial charge is 0.347 e. The zero-order valence-electron chi connectivity index (χ0n) is 16.1. The Morgan fingerprint density at radius 1 is 1.14 bits per heavy atom. The monoisotopic (exact) mass is 412 g/mol. The number of hydrogen-bond acceptors (Lipinski definition) is 5. The number of halogens is 1. The predicted octanol–water partition coefficient (Wildman–Crippen LogP) is 3.38. The first kappa shape index (κ1) is 20.6. The van der Waals surface area contributed by atoms with Crippen molar-refractivity contribution >= 4 is 28.8 Å². The number of likely N-dealkylation sites (N-methyl/N-ethyl adjacent to an activating group) is 1. The van der Waals surface area contributed by atoms with Crippen LogP contribution in [0.1, 0.15) is 16.1 Å². The van der Waals surface area contributed by atoms with Crippen molar-refractivity contribution in [2.45, 2.75) is 6.54 Å². The molecule has 0 unspecified atom stereocenters. The Hall–Kier alpha value is -3.10. The smallest absolute Gasteiger partial charge is 0.271 e. The SMILES string of the molecule is CN(C)CC(=O)Nc1cccc(CNC(=O)c2csc(-c3ccc(F)cc3)n2)c1. The summed E-state index contributed by atoms with van der Waals surface area (Å²) in [5, 5.41) is 7.98. The molecule has 2 aromatic carbocycles. The molecule has 0 bridgehead atoms. The Balaban J connectivity index is 1.59. The third-order valence-corrected chi connectivity index (χ3v) is 4.84. The molecular weight excluding hydrogens is 391 g/mol. The summed E-state index contributed by atoms with van der Waals surface area (Å²) in [6.45, 7) is 0.598. The third-order valence-electron chi connectivity index (χ3n) is 3.95. The fraction of sp³-hybridized carbons (Fsp3) is 0.190. The van der Waals surface area contributed by atoms with Crippen LogP contribution in [0, 0.1) is 5.82 Å². The van der Waals surface area contributed by atoms with Gasteiger partial charge in [-0.05, 0) is 56.1 Å². The van der Waals surface area contributed by atoms with Crippen LogP contribution in [0.5, 0.6) is 0 Å². The van der Waals surface area contributed by atoms with Crippen molar-refractivity contribution in [3.63, 3.8) is 0 Å². The van der Waals surface area contributed by atoms with Gasteiger partial charge < -0.3 is 15.5 Å². The Bertz CT molecular complexity index is 1000. The minimum atomic E-state index is -0.316. The highest BCUT2D eigenvalue weighted by atomic mass is 32.1. The number of thiazole rings is 1. The van der Waals surface area contributed by atoms with Crippen LogP contribution in [-0.2, 0) is 11.3 Å². The molecule has 0 atom stereocenters. The lowest BCUT2D eigenvalue weighted by molar-refractivity contribution is -0.116. The molecule has 0 fully saturated rings. The van der Waals surface area contributed by atoms with E-state index in [4.69, 9.17) is 0 Å². The first-order chi connectivity index (χ1) is 13.9. The van der Waals surface area contributed by atoms with Gasteiger partial charge in [0.1, 0.15) is 16.5 Å². The van der Waals surface area contributed by atoms with Crippen molar-refractivity contribution in [1.29, 1.82) is 0 Å². The van der Waals surface area contributed by atoms with Crippen LogP contribution in [0.2, 0.25) is 0 Å². The summed E-state index contributed by atoms with van der Waals surface area (Å²) >= 11 is 1.33. The summed E-state index contributed by atoms with van der Waals surface area (Å²) < 4.78 is 13.0. The molecule has 1 heterocycles. The van der Waals surface area contributed by atoms with E-state index in [0.717, 1.165) is 11.1 Å². The fourth-order valence-electron chi connectivity index (χ4n) is 2.62. The Morgan fingerprint density at radius 3 is 2.62 bits per heavy atom. The van der Waals surface area contributed by atoms with Crippen LogP contribution < -0.4 is 10.6 Å². The fourth-order valence-corrected chi connectivity index (χ4v) is 3.43. The lowest BCUT2D eigenvalue weighted by Crippen LogP contribution is -2.27. The van der Waals surface area contributed by atoms with E-state index >= 15 is 0 Å². The lowest BCUT2D eigenvalue weighted by atomic mass is 10.2. The number of carbonyl (C=O) groups excluding carboxylic acids is 2. The van der Waals surface area contributed by atoms with Crippen LogP contribution in [0.4, 0.5) is 10.1 Å². The first-order valence-corrected chi connectivity index (χ1v) is 9.82. The van der Waals surface area contributed by atoms with Crippen molar-refractivity contribution in [3.05, 3.63) is 71.0 Å². The number of hydrogen-bond donors (Lipinski definition) is 2. The van der Waals surface area contributed by atoms with E-state index in [2.05, 4.69) is 15.6 Å². The highest BCUT2D eigenvalue weighted by molar-refractivity contribution is 7.13. The molecule has 0 spiro atoms. The molecule has 3 rings (SSSR count). The van der Waals surface area contributed by atoms with E-state index in [1.54, 1.807) is 28.5 Å². The first-order valence-electron chi connectivity index (χ1n) is 8.94. The van der Waals surface area contributed by atoms with Gasteiger partial charge in [0.2, 0.25) is 5.91 Å². The molecule has 0 aliphatic rings. The highest BCUT2D eigenvalue weighted by Crippen LogP contribution is 2.24. The van der Waals surface area contributed by atoms with Crippen LogP contribution in [0.15, 0.2) is 53.9 Å². The maximum absolute atomic E-state index is 13.0. The van der Waals surface area contributed by atoms with E-state index in [1.165, 1.54) is 23.5 Å². The van der Waals surface area contributed by atoms with Gasteiger partial charge in [0, 0.05) is 23.2 Å². The normalized spacial score (nSPS) is 10.8. The molecule has 0 aliphatic heterocycles. The Morgan fingerprint density at radius 2 is 1.90 bits per heavy atom. The van der Waals surface area contributed by atoms with Gasteiger partial charge in [-0.2, -0.15) is 0 Å². The Labute approximate surface area is 172 Å². The molecule has 3 aromatic rings. The molecule has 0 radical (unpaired) electrons. The summed E-state index contributed by atoms with van der Waals surface area (Å²) in [4.78, 5) is 30.4. The van der Waals surface area contributed by atoms with E-state index in [-0.39, 0.29) is 17.6 Å². The second-order valence-electron chi connectivity index (χ2n) is 6.71. The number of benzene rings is 2. The van der Waals surface area contributed by atoms with Gasteiger partial charge in [-0.25, -0.2) is 9.37 Å². The minimum Gasteiger partial charge on any atom is -0.347 e. The molecule has 2 amide bonds. The molecule has 8 heteroatoms. The minimum absolute atomic E-state index is 0.105. The van der Waals surface area contributed by atoms with E-state index in [0.29, 0.717) is 29.5 Å². The lowest BCUT2D eigenvalue weighted by Gasteiger charge is -2.11. The van der Waals surface area contributed by atoms with Crippen LogP contribution >= 0.6 is 11.3 Å². The number of carbonyl (C=O) groups is 2. The number of aromatic nitrogens is 1. The van der Waals surface area contributed by atoms with E-state index in [1.807, 2.05) is 32.3 Å². The van der Waals surface area contributed by atoms with Gasteiger partial charge in [0.15, 0.2) is 0 Å². The topological polar surface area (TPSA) is 74.3 Å². The van der Waals surface area contributed by atoms with Gasteiger partial charge in [-0.15, -0.1) is 11.3 Å². The van der Waals surface area contributed by atoms with Crippen molar-refractivity contribution < 1.29 is 14.0 Å². The van der Waals surface area contributed by atoms with Crippen LogP contribution in [0.3, 0.4) is 0 Å². The number of amides is 2. The molecule has 0 aliphatic carbocycles. The number of nitrogens with one attached hydrogen (secondary N) is 2. The van der Waals surface area contributed by atoms with Crippen LogP contribution in [0.25, 0.3) is 10.6 Å². The van der Waals surface area contributed by atoms with Crippen LogP contribution in [-0.4, -0.2) is 42.3 Å². The molecule has 1 aromatic heterocycles. The number of rotatable bonds is 7. The molecular formula is C21H21FN4O2S. The summed E-state index contributed by atoms with van der Waals surface area (Å²) in [7, 11) is 3.65. The Kier molecular flexibility index (Phi) is 6.69. The third kappa shape index (κ3) is 5.94. The van der Waals surface area contributed by atoms with E-state index in [9.17, 15) is 14.0 Å². The predicted molar refractivity (Wildman–Crippen MR) is 112 cm³/mol. The number of nitrogens with zero attached hydrogens (tertiary/aromatic N) is 2. The molecule has 29 heavy (non-hydrogen) atoms. The summed E-state index contributed by atoms with van der Waals surface area (Å²) in [5.41, 5.74) is 2.60. The average Bonchev–Trinajstić information content (AvgIpc) is 3.16. The van der Waals surface area contributed by atoms with Gasteiger partial charge in [-0.3, -0.25) is 9.59 Å². The highest BCUT2D eigenvalue weighted by Gasteiger charge is 2.12. The van der Waals surface area contributed by atoms with E-state index < -0.39 is 0 Å². The van der Waals surface area contributed by atoms with Gasteiger partial charge >= 0.3 is 0 Å². The second-order valence-corrected chi connectivity index (χ2v) is 7.57. The van der Waals surface area contributed by atoms with Gasteiger partial charge in [-0.1, -0.05) is 12.1 Å². The zero-order valence-corrected chi connectivity index (χ0v) is 16.9. The summed E-state index contributed by atoms with van der Waals surface area (Å²) in [5.74, 6) is -0.716. The quantitative estimate of drug-likeness (QED) is 0.624. The zero-order chi connectivity index (χ0) is 20.8. The summed E-state index contributed by atoms with van der Waals surface area (Å²) in [6, 6.07) is 13.3. The van der Waals surface area contributed by atoms with Crippen molar-refractivity contribution in [3.8, 4) is 10.6 Å². The van der Waals surface area contributed by atoms with Gasteiger partial charge in [0.05, 0.1) is 6.54 Å². The van der Waals surface area contributed by atoms with Gasteiger partial charge in [0.25, 0.3) is 5.91 Å². The number of anilines is 1. The maximum Gasteiger partial charge on any atom is 0.271 e. The van der Waals surface area contributed by atoms with Crippen molar-refractivity contribution in [2.24, 2.45) is 0 Å². The second kappa shape index (κ2) is 9.40.